The van der Waals surface area contributed by atoms with Crippen molar-refractivity contribution in [1.29, 1.82) is 0 Å². The van der Waals surface area contributed by atoms with Crippen molar-refractivity contribution in [2.45, 2.75) is 36.6 Å². The summed E-state index contributed by atoms with van der Waals surface area (Å²) in [5.41, 5.74) is 5.22. The van der Waals surface area contributed by atoms with E-state index >= 15 is 0 Å². The molecule has 0 radical (unpaired) electrons. The lowest BCUT2D eigenvalue weighted by Crippen LogP contribution is -2.65. The number of nitrogens with one attached hydrogen (secondary N) is 1. The zero-order chi connectivity index (χ0) is 30.4. The van der Waals surface area contributed by atoms with Crippen molar-refractivity contribution in [2.24, 2.45) is 5.10 Å². The second-order valence-electron chi connectivity index (χ2n) is 10.8. The first-order valence-corrected chi connectivity index (χ1v) is 16.4. The number of benzene rings is 4. The minimum absolute atomic E-state index is 0.137. The first kappa shape index (κ1) is 29.9. The van der Waals surface area contributed by atoms with Gasteiger partial charge in [-0.3, -0.25) is 14.4 Å². The maximum atomic E-state index is 14.2. The molecule has 0 unspecified atom stereocenters. The van der Waals surface area contributed by atoms with Crippen LogP contribution in [0.5, 0.6) is 0 Å². The third kappa shape index (κ3) is 5.85. The Morgan fingerprint density at radius 2 is 1.60 bits per heavy atom. The van der Waals surface area contributed by atoms with Gasteiger partial charge in [-0.2, -0.15) is 23.5 Å². The normalized spacial score (nSPS) is 18.5. The number of piperidine rings is 1. The Labute approximate surface area is 264 Å². The molecular weight excluding hydrogens is 631 g/mol. The van der Waals surface area contributed by atoms with E-state index in [2.05, 4.69) is 5.43 Å². The van der Waals surface area contributed by atoms with E-state index in [1.165, 1.54) is 6.07 Å². The van der Waals surface area contributed by atoms with Gasteiger partial charge in [0.15, 0.2) is 10.6 Å². The molecule has 1 amide bonds. The lowest BCUT2D eigenvalue weighted by atomic mass is 10.0. The molecule has 222 valence electrons. The van der Waals surface area contributed by atoms with Gasteiger partial charge >= 0.3 is 16.0 Å². The summed E-state index contributed by atoms with van der Waals surface area (Å²) < 4.78 is 35.5. The van der Waals surface area contributed by atoms with E-state index in [9.17, 15) is 17.8 Å². The van der Waals surface area contributed by atoms with Crippen molar-refractivity contribution in [3.8, 4) is 0 Å². The van der Waals surface area contributed by atoms with Gasteiger partial charge in [0, 0.05) is 21.9 Å². The van der Waals surface area contributed by atoms with Crippen molar-refractivity contribution in [3.05, 3.63) is 99.5 Å². The first-order chi connectivity index (χ1) is 20.6. The zero-order valence-corrected chi connectivity index (χ0v) is 26.0. The van der Waals surface area contributed by atoms with Crippen LogP contribution >= 0.6 is 34.8 Å². The van der Waals surface area contributed by atoms with Gasteiger partial charge in [0.25, 0.3) is 0 Å². The third-order valence-electron chi connectivity index (χ3n) is 8.05. The van der Waals surface area contributed by atoms with Gasteiger partial charge in [0.05, 0.1) is 16.8 Å². The third-order valence-corrected chi connectivity index (χ3v) is 9.72. The largest absolute Gasteiger partial charge is 0.312 e. The number of carbonyl (C=O) groups excluding carboxylic acids is 1. The minimum atomic E-state index is -4.61. The summed E-state index contributed by atoms with van der Waals surface area (Å²) in [5.74, 6) is -0.442. The van der Waals surface area contributed by atoms with Crippen LogP contribution in [0.2, 0.25) is 15.1 Å². The van der Waals surface area contributed by atoms with Crippen LogP contribution in [0, 0.1) is 0 Å². The van der Waals surface area contributed by atoms with E-state index < -0.39 is 16.0 Å². The number of nitrogens with zero attached hydrogens (tertiary/aromatic N) is 3. The fraction of sp³-hybridized carbons (Fsp3) is 0.226. The Bertz CT molecular complexity index is 1860. The Balaban J connectivity index is 1.44. The van der Waals surface area contributed by atoms with E-state index in [4.69, 9.17) is 39.9 Å². The number of halogens is 3. The SMILES string of the molecule is O=C(N[N+]1(c2c(S(=O)(=O)O)ccc3ccccc23)CCCCC1)C1=NN(c2ccc(Cl)cc2Cl)[C@@H](c2ccc(Cl)cc2)C1. The highest BCUT2D eigenvalue weighted by molar-refractivity contribution is 7.86. The number of fused-ring (bicyclic) bond motifs is 1. The fourth-order valence-electron chi connectivity index (χ4n) is 6.07. The summed E-state index contributed by atoms with van der Waals surface area (Å²) in [7, 11) is -4.61. The zero-order valence-electron chi connectivity index (χ0n) is 22.9. The van der Waals surface area contributed by atoms with E-state index in [1.807, 2.05) is 36.4 Å². The lowest BCUT2D eigenvalue weighted by Gasteiger charge is -2.40. The number of anilines is 1. The topological polar surface area (TPSA) is 99.1 Å². The van der Waals surface area contributed by atoms with Crippen molar-refractivity contribution in [1.82, 2.24) is 10.0 Å². The van der Waals surface area contributed by atoms with Gasteiger partial charge in [-0.15, -0.1) is 0 Å². The molecule has 12 heteroatoms. The summed E-state index contributed by atoms with van der Waals surface area (Å²) in [6.45, 7) is 0.895. The molecule has 2 N–H and O–H groups in total. The van der Waals surface area contributed by atoms with Crippen LogP contribution in [-0.2, 0) is 14.9 Å². The molecule has 0 aromatic heterocycles. The molecule has 0 aliphatic carbocycles. The van der Waals surface area contributed by atoms with E-state index in [0.29, 0.717) is 44.9 Å². The van der Waals surface area contributed by atoms with Crippen molar-refractivity contribution in [2.75, 3.05) is 18.1 Å². The van der Waals surface area contributed by atoms with Crippen LogP contribution < -0.4 is 15.0 Å². The molecule has 0 spiro atoms. The molecule has 6 rings (SSSR count). The number of carbonyl (C=O) groups is 1. The maximum Gasteiger partial charge on any atom is 0.312 e. The Hall–Kier alpha value is -3.18. The average Bonchev–Trinajstić information content (AvgIpc) is 3.42. The summed E-state index contributed by atoms with van der Waals surface area (Å²) in [5, 5.41) is 9.33. The number of hydrogen-bond donors (Lipinski definition) is 2. The molecule has 0 bridgehead atoms. The number of quaternary nitrogens is 1. The monoisotopic (exact) mass is 657 g/mol. The molecule has 43 heavy (non-hydrogen) atoms. The van der Waals surface area contributed by atoms with Gasteiger partial charge in [0.2, 0.25) is 0 Å². The quantitative estimate of drug-likeness (QED) is 0.164. The van der Waals surface area contributed by atoms with Crippen molar-refractivity contribution in [3.63, 3.8) is 0 Å². The molecule has 1 atom stereocenters. The van der Waals surface area contributed by atoms with Gasteiger partial charge in [0.1, 0.15) is 18.8 Å². The summed E-state index contributed by atoms with van der Waals surface area (Å²) >= 11 is 18.9. The van der Waals surface area contributed by atoms with Crippen LogP contribution in [-0.4, -0.2) is 37.7 Å². The summed E-state index contributed by atoms with van der Waals surface area (Å²) in [4.78, 5) is 13.9. The highest BCUT2D eigenvalue weighted by atomic mass is 35.5. The predicted molar refractivity (Wildman–Crippen MR) is 172 cm³/mol. The predicted octanol–water partition coefficient (Wildman–Crippen LogP) is 7.58. The molecule has 0 saturated carbocycles. The smallest absolute Gasteiger partial charge is 0.282 e. The molecule has 4 aromatic carbocycles. The van der Waals surface area contributed by atoms with E-state index in [1.54, 1.807) is 41.4 Å². The summed E-state index contributed by atoms with van der Waals surface area (Å²) in [6, 6.07) is 22.5. The molecule has 2 aliphatic heterocycles. The standard InChI is InChI=1S/C31H27Cl3N4O4S/c32-22-11-8-21(9-12-22)28-19-26(35-37(28)27-14-13-23(33)18-25(27)34)31(39)36-38(16-4-1-5-17-38)30-24-7-3-2-6-20(24)10-15-29(30)43(40,41)42/h2-3,6-15,18,28H,1,4-5,16-17,19H2,(H-,36,39,40,41,42)/p+1/t28-/m1/s1. The number of amides is 1. The average molecular weight is 659 g/mol. The maximum absolute atomic E-state index is 14.2. The number of hydrazone groups is 1. The lowest BCUT2D eigenvalue weighted by molar-refractivity contribution is -0.119. The molecule has 1 fully saturated rings. The van der Waals surface area contributed by atoms with Crippen molar-refractivity contribution >= 4 is 78.7 Å². The van der Waals surface area contributed by atoms with Crippen LogP contribution in [0.3, 0.4) is 0 Å². The second kappa shape index (κ2) is 11.7. The first-order valence-electron chi connectivity index (χ1n) is 13.8. The minimum Gasteiger partial charge on any atom is -0.282 e. The van der Waals surface area contributed by atoms with Gasteiger partial charge in [-0.05, 0) is 72.7 Å². The van der Waals surface area contributed by atoms with Crippen LogP contribution in [0.1, 0.15) is 37.3 Å². The Morgan fingerprint density at radius 3 is 2.30 bits per heavy atom. The fourth-order valence-corrected chi connectivity index (χ4v) is 7.46. The van der Waals surface area contributed by atoms with Crippen LogP contribution in [0.15, 0.2) is 88.9 Å². The number of rotatable bonds is 6. The molecule has 4 aromatic rings. The Kier molecular flexibility index (Phi) is 8.14. The van der Waals surface area contributed by atoms with Gasteiger partial charge in [-0.1, -0.05) is 71.2 Å². The van der Waals surface area contributed by atoms with Crippen molar-refractivity contribution < 1.29 is 17.8 Å². The molecule has 1 saturated heterocycles. The Morgan fingerprint density at radius 1 is 0.907 bits per heavy atom. The number of hydrogen-bond acceptors (Lipinski definition) is 5. The van der Waals surface area contributed by atoms with E-state index in [-0.39, 0.29) is 27.7 Å². The molecular formula is C31H28Cl3N4O4S+. The van der Waals surface area contributed by atoms with E-state index in [0.717, 1.165) is 30.2 Å². The molecule has 8 nitrogen and oxygen atoms in total. The summed E-state index contributed by atoms with van der Waals surface area (Å²) in [6.07, 6.45) is 2.69. The van der Waals surface area contributed by atoms with Gasteiger partial charge in [-0.25, -0.2) is 0 Å². The highest BCUT2D eigenvalue weighted by Gasteiger charge is 2.43. The molecule has 2 heterocycles. The second-order valence-corrected chi connectivity index (χ2v) is 13.5. The van der Waals surface area contributed by atoms with Gasteiger partial charge < -0.3 is 0 Å². The highest BCUT2D eigenvalue weighted by Crippen LogP contribution is 2.42. The molecule has 2 aliphatic rings. The van der Waals surface area contributed by atoms with Crippen LogP contribution in [0.25, 0.3) is 10.8 Å². The van der Waals surface area contributed by atoms with Crippen LogP contribution in [0.4, 0.5) is 11.4 Å².